The number of para-hydroxylation sites is 2. The van der Waals surface area contributed by atoms with Crippen molar-refractivity contribution in [2.45, 2.75) is 130 Å². The number of hydrogen-bond acceptors (Lipinski definition) is 12. The molecule has 1 N–H and O–H groups in total. The van der Waals surface area contributed by atoms with Crippen LogP contribution in [0.25, 0.3) is 49.9 Å². The molecule has 4 aliphatic rings. The molecule has 24 heteroatoms. The molecule has 0 bridgehead atoms. The summed E-state index contributed by atoms with van der Waals surface area (Å²) < 4.78 is 76.3. The topological polar surface area (TPSA) is 179 Å². The molecule has 13 rings (SSSR count). The fourth-order valence-electron chi connectivity index (χ4n) is 12.1. The van der Waals surface area contributed by atoms with Crippen molar-refractivity contribution in [3.63, 3.8) is 0 Å². The van der Waals surface area contributed by atoms with Crippen LogP contribution in [-0.4, -0.2) is 125 Å². The fourth-order valence-corrected chi connectivity index (χ4v) is 12.4. The van der Waals surface area contributed by atoms with E-state index in [1.165, 1.54) is 50.2 Å². The number of likely N-dealkylation sites (tertiary alicyclic amines) is 2. The van der Waals surface area contributed by atoms with Crippen LogP contribution in [0.2, 0.25) is 0 Å². The Morgan fingerprint density at radius 3 is 1.70 bits per heavy atom. The second-order valence-corrected chi connectivity index (χ2v) is 25.1. The van der Waals surface area contributed by atoms with Crippen molar-refractivity contribution in [2.24, 2.45) is 0 Å². The van der Waals surface area contributed by atoms with E-state index in [4.69, 9.17) is 9.31 Å². The first-order chi connectivity index (χ1) is 43.9. The van der Waals surface area contributed by atoms with Gasteiger partial charge in [0.25, 0.3) is 0 Å². The van der Waals surface area contributed by atoms with Crippen LogP contribution in [0.15, 0.2) is 144 Å². The molecule has 15 nitrogen and oxygen atoms in total. The maximum Gasteiger partial charge on any atom is 0.497 e. The molecule has 0 radical (unpaired) electrons. The van der Waals surface area contributed by atoms with Crippen molar-refractivity contribution in [3.05, 3.63) is 189 Å². The van der Waals surface area contributed by atoms with Gasteiger partial charge < -0.3 is 24.1 Å². The molecule has 3 aromatic heterocycles. The Bertz CT molecular complexity index is 4370. The highest BCUT2D eigenvalue weighted by Gasteiger charge is 2.53. The summed E-state index contributed by atoms with van der Waals surface area (Å²) in [4.78, 5) is 83.0. The number of aromatic amines is 1. The van der Waals surface area contributed by atoms with Gasteiger partial charge in [-0.05, 0) is 110 Å². The molecule has 0 spiro atoms. The first-order valence-corrected chi connectivity index (χ1v) is 32.0. The van der Waals surface area contributed by atoms with Crippen molar-refractivity contribution < 1.29 is 55.6 Å². The van der Waals surface area contributed by atoms with Gasteiger partial charge in [0.1, 0.15) is 48.5 Å². The standard InChI is InChI=1S/C31H26F2N4O3.C29H32BF2N3O5.C9H7Br.CH4.S2.H2S/c1-18(38)31-24-6-2-3-8-26(24)37(35-31)17-29(40)36-16-22(32)15-27(36)28(39)14-21-5-4-7-23(30(21)33)19-9-10-25-20(13-19)11-12-34-25;1-17(36)27-20-10-6-7-12-22(20)35(33-27)16-25(38)34-15-19(31)14-23(34)24(37)13-18-9-8-11-21(26(18)32)30-39-28(2,3)29(4,5)40-30;10-9-5-4-7-2-1-3-8(7)6-9;;1-2;/h2-13,22,27,34H,14-17H2,1H3;6-12,19,23H,13-16H2,1-5H3;1,3-6H,2H2;1H4;;1H2/t22-,27+;19-,23+;;;;/m11..../s1. The lowest BCUT2D eigenvalue weighted by molar-refractivity contribution is -0.138. The smallest absolute Gasteiger partial charge is 0.399 e. The first kappa shape index (κ1) is 72.0. The number of fused-ring (bicyclic) bond motifs is 4. The quantitative estimate of drug-likeness (QED) is 0.0620. The number of alkyl halides is 2. The number of aromatic nitrogens is 5. The van der Waals surface area contributed by atoms with Gasteiger partial charge >= 0.3 is 7.12 Å². The van der Waals surface area contributed by atoms with E-state index >= 15 is 8.78 Å². The van der Waals surface area contributed by atoms with Crippen molar-refractivity contribution in [2.75, 3.05) is 13.1 Å². The van der Waals surface area contributed by atoms with E-state index in [0.717, 1.165) is 21.8 Å². The number of nitrogens with one attached hydrogen (secondary N) is 1. The molecule has 3 saturated heterocycles. The predicted molar refractivity (Wildman–Crippen MR) is 371 cm³/mol. The number of carbonyl (C=O) groups is 6. The lowest BCUT2D eigenvalue weighted by atomic mass is 9.77. The van der Waals surface area contributed by atoms with Gasteiger partial charge in [-0.1, -0.05) is 120 Å². The highest BCUT2D eigenvalue weighted by atomic mass is 79.9. The first-order valence-electron chi connectivity index (χ1n) is 29.9. The number of ketones is 4. The number of nitrogens with zero attached hydrogens (tertiary/aromatic N) is 6. The molecular weight excluding hydrogens is 1330 g/mol. The predicted octanol–water partition coefficient (Wildman–Crippen LogP) is 12.5. The van der Waals surface area contributed by atoms with Crippen molar-refractivity contribution in [3.8, 4) is 11.1 Å². The molecule has 490 valence electrons. The van der Waals surface area contributed by atoms with Crippen LogP contribution in [0.4, 0.5) is 17.6 Å². The Kier molecular flexibility index (Phi) is 23.2. The third-order valence-electron chi connectivity index (χ3n) is 17.5. The Labute approximate surface area is 568 Å². The minimum Gasteiger partial charge on any atom is -0.399 e. The normalized spacial score (nSPS) is 18.1. The minimum absolute atomic E-state index is 0. The van der Waals surface area contributed by atoms with Gasteiger partial charge in [-0.25, -0.2) is 17.6 Å². The van der Waals surface area contributed by atoms with Gasteiger partial charge in [-0.2, -0.15) is 23.7 Å². The Balaban J connectivity index is 0.000000201. The van der Waals surface area contributed by atoms with Crippen LogP contribution < -0.4 is 5.46 Å². The summed E-state index contributed by atoms with van der Waals surface area (Å²) in [5, 5.41) is 10.8. The summed E-state index contributed by atoms with van der Waals surface area (Å²) in [5.41, 5.74) is 5.58. The van der Waals surface area contributed by atoms with Crippen LogP contribution in [0.5, 0.6) is 0 Å². The van der Waals surface area contributed by atoms with E-state index in [1.807, 2.05) is 58.2 Å². The zero-order valence-corrected chi connectivity index (χ0v) is 56.0. The molecule has 1 aliphatic carbocycles. The van der Waals surface area contributed by atoms with Crippen LogP contribution in [-0.2, 0) is 83.2 Å². The second-order valence-electron chi connectivity index (χ2n) is 24.2. The molecule has 6 heterocycles. The van der Waals surface area contributed by atoms with E-state index in [9.17, 15) is 37.5 Å². The van der Waals surface area contributed by atoms with Crippen LogP contribution in [0.1, 0.15) is 105 Å². The zero-order chi connectivity index (χ0) is 65.9. The molecule has 94 heavy (non-hydrogen) atoms. The van der Waals surface area contributed by atoms with E-state index < -0.39 is 77.8 Å². The highest BCUT2D eigenvalue weighted by Crippen LogP contribution is 2.37. The van der Waals surface area contributed by atoms with Crippen LogP contribution in [0, 0.1) is 11.6 Å². The molecule has 9 aromatic rings. The monoisotopic (exact) mass is 1400 g/mol. The number of amides is 2. The van der Waals surface area contributed by atoms with Crippen molar-refractivity contribution >= 4 is 138 Å². The number of H-pyrrole nitrogens is 1. The molecular formula is C70H71BBrF4N7O8S3. The van der Waals surface area contributed by atoms with E-state index in [1.54, 1.807) is 78.9 Å². The third kappa shape index (κ3) is 15.3. The lowest BCUT2D eigenvalue weighted by Crippen LogP contribution is -2.43. The number of allylic oxidation sites excluding steroid dienone is 1. The molecule has 0 saturated carbocycles. The van der Waals surface area contributed by atoms with Crippen molar-refractivity contribution in [1.82, 2.24) is 34.3 Å². The maximum absolute atomic E-state index is 15.6. The summed E-state index contributed by atoms with van der Waals surface area (Å²) in [7, 11) is -0.941. The average Bonchev–Trinajstić information content (AvgIpc) is 1.60. The Morgan fingerprint density at radius 2 is 1.17 bits per heavy atom. The van der Waals surface area contributed by atoms with E-state index in [-0.39, 0.29) is 112 Å². The summed E-state index contributed by atoms with van der Waals surface area (Å²) in [5.74, 6) is -3.51. The maximum atomic E-state index is 15.6. The van der Waals surface area contributed by atoms with Crippen LogP contribution >= 0.6 is 29.4 Å². The van der Waals surface area contributed by atoms with Crippen LogP contribution in [0.3, 0.4) is 0 Å². The SMILES string of the molecule is Brc1ccc2c(c1)C=CC2.C.CC(=O)c1nn(CC(=O)N2C[C@H](F)C[C@H]2C(=O)Cc2cccc(-c3ccc4[nH]ccc4c3)c2F)c2ccccc12.CC(=O)c1nn(CC(=O)N2C[C@H](F)C[C@H]2C(=O)Cc2cccc(B3OC(C)(C)C(C)(C)O3)c2F)c2ccccc12.S.S=S. The summed E-state index contributed by atoms with van der Waals surface area (Å²) >= 11 is 10.8. The van der Waals surface area contributed by atoms with E-state index in [0.29, 0.717) is 32.9 Å². The van der Waals surface area contributed by atoms with E-state index in [2.05, 4.69) is 83.8 Å². The summed E-state index contributed by atoms with van der Waals surface area (Å²) in [6.45, 7) is 9.26. The number of benzene rings is 6. The molecule has 2 amide bonds. The third-order valence-corrected chi connectivity index (χ3v) is 18.0. The number of halogens is 5. The van der Waals surface area contributed by atoms with Gasteiger partial charge in [0.2, 0.25) is 11.8 Å². The number of carbonyl (C=O) groups excluding carboxylic acids is 6. The molecule has 0 unspecified atom stereocenters. The second kappa shape index (κ2) is 30.3. The summed E-state index contributed by atoms with van der Waals surface area (Å²) in [6.07, 6.45) is 3.61. The van der Waals surface area contributed by atoms with Gasteiger partial charge in [0.05, 0.1) is 47.4 Å². The Hall–Kier alpha value is -7.87. The minimum atomic E-state index is -1.39. The molecule has 6 aromatic carbocycles. The molecule has 3 aliphatic heterocycles. The zero-order valence-electron chi connectivity index (χ0n) is 51.8. The van der Waals surface area contributed by atoms with Gasteiger partial charge in [0, 0.05) is 99.9 Å². The molecule has 3 fully saturated rings. The largest absolute Gasteiger partial charge is 0.497 e. The van der Waals surface area contributed by atoms with Gasteiger partial charge in [-0.15, -0.1) is 0 Å². The lowest BCUT2D eigenvalue weighted by Gasteiger charge is -2.32. The van der Waals surface area contributed by atoms with Gasteiger partial charge in [-0.3, -0.25) is 38.1 Å². The number of Topliss-reactive ketones (excluding diaryl/α,β-unsaturated/α-hetero) is 4. The van der Waals surface area contributed by atoms with Crippen molar-refractivity contribution in [1.29, 1.82) is 0 Å². The van der Waals surface area contributed by atoms with Gasteiger partial charge in [0.15, 0.2) is 23.1 Å². The average molecular weight is 1400 g/mol. The number of rotatable bonds is 14. The highest BCUT2D eigenvalue weighted by molar-refractivity contribution is 9.10. The Morgan fingerprint density at radius 1 is 0.660 bits per heavy atom. The summed E-state index contributed by atoms with van der Waals surface area (Å²) in [6, 6.07) is 35.4. The fraction of sp³-hybridized carbons (Fsp3) is 0.314. The molecule has 4 atom stereocenters. The number of hydrogen-bond donors (Lipinski definition) is 1.